The van der Waals surface area contributed by atoms with E-state index in [4.69, 9.17) is 0 Å². The Bertz CT molecular complexity index is 1030. The molecule has 2 N–H and O–H groups in total. The Hall–Kier alpha value is -3.54. The summed E-state index contributed by atoms with van der Waals surface area (Å²) in [4.78, 5) is 20.5. The average Bonchev–Trinajstić information content (AvgIpc) is 3.10. The smallest absolute Gasteiger partial charge is 0.231 e. The van der Waals surface area contributed by atoms with Crippen LogP contribution in [0, 0.1) is 0 Å². The van der Waals surface area contributed by atoms with E-state index in [1.165, 1.54) is 0 Å². The van der Waals surface area contributed by atoms with Crippen molar-refractivity contribution >= 4 is 22.6 Å². The van der Waals surface area contributed by atoms with Crippen LogP contribution in [0.15, 0.2) is 67.0 Å². The van der Waals surface area contributed by atoms with Crippen molar-refractivity contribution in [2.24, 2.45) is 0 Å². The second-order valence-corrected chi connectivity index (χ2v) is 5.65. The predicted octanol–water partition coefficient (Wildman–Crippen LogP) is 3.20. The molecule has 2 aromatic carbocycles. The Balaban J connectivity index is 1.46. The zero-order chi connectivity index (χ0) is 17.1. The first-order chi connectivity index (χ1) is 12.3. The minimum atomic E-state index is -0.146. The molecular formula is C19H15N5O. The molecule has 25 heavy (non-hydrogen) atoms. The molecule has 0 atom stereocenters. The van der Waals surface area contributed by atoms with Crippen LogP contribution in [-0.2, 0) is 11.2 Å². The summed E-state index contributed by atoms with van der Waals surface area (Å²) in [6.45, 7) is 0. The van der Waals surface area contributed by atoms with Crippen LogP contribution >= 0.6 is 0 Å². The number of H-pyrrole nitrogens is 1. The Labute approximate surface area is 144 Å². The second-order valence-electron chi connectivity index (χ2n) is 5.65. The number of amides is 1. The molecule has 2 heterocycles. The van der Waals surface area contributed by atoms with Gasteiger partial charge in [0.15, 0.2) is 5.82 Å². The zero-order valence-electron chi connectivity index (χ0n) is 13.3. The van der Waals surface area contributed by atoms with Gasteiger partial charge in [-0.3, -0.25) is 15.1 Å². The topological polar surface area (TPSA) is 83.6 Å². The van der Waals surface area contributed by atoms with Gasteiger partial charge in [-0.15, -0.1) is 0 Å². The Morgan fingerprint density at radius 1 is 1.00 bits per heavy atom. The third kappa shape index (κ3) is 3.37. The second kappa shape index (κ2) is 6.52. The van der Waals surface area contributed by atoms with Crippen molar-refractivity contribution in [3.05, 3.63) is 72.6 Å². The molecule has 2 aromatic heterocycles. The van der Waals surface area contributed by atoms with Crippen molar-refractivity contribution in [3.8, 4) is 11.4 Å². The van der Waals surface area contributed by atoms with E-state index in [1.807, 2.05) is 54.6 Å². The lowest BCUT2D eigenvalue weighted by Gasteiger charge is -2.04. The molecule has 6 nitrogen and oxygen atoms in total. The van der Waals surface area contributed by atoms with Gasteiger partial charge >= 0.3 is 0 Å². The highest BCUT2D eigenvalue weighted by molar-refractivity contribution is 5.92. The molecule has 0 radical (unpaired) electrons. The SMILES string of the molecule is O=C(Cc1ccc2ccccc2c1)Nc1nc(-c2ccncc2)n[nH]1. The highest BCUT2D eigenvalue weighted by atomic mass is 16.1. The van der Waals surface area contributed by atoms with Crippen LogP contribution in [0.4, 0.5) is 5.95 Å². The Morgan fingerprint density at radius 2 is 1.80 bits per heavy atom. The Morgan fingerprint density at radius 3 is 2.64 bits per heavy atom. The highest BCUT2D eigenvalue weighted by Crippen LogP contribution is 2.17. The summed E-state index contributed by atoms with van der Waals surface area (Å²) in [5, 5.41) is 11.9. The molecule has 4 aromatic rings. The number of nitrogens with one attached hydrogen (secondary N) is 2. The molecule has 0 fully saturated rings. The molecule has 0 saturated heterocycles. The van der Waals surface area contributed by atoms with E-state index >= 15 is 0 Å². The van der Waals surface area contributed by atoms with Crippen LogP contribution in [0.5, 0.6) is 0 Å². The maximum Gasteiger partial charge on any atom is 0.231 e. The monoisotopic (exact) mass is 329 g/mol. The lowest BCUT2D eigenvalue weighted by atomic mass is 10.1. The van der Waals surface area contributed by atoms with Crippen molar-refractivity contribution in [2.45, 2.75) is 6.42 Å². The van der Waals surface area contributed by atoms with E-state index in [1.54, 1.807) is 12.4 Å². The molecule has 6 heteroatoms. The number of pyridine rings is 1. The Kier molecular flexibility index (Phi) is 3.92. The number of carbonyl (C=O) groups is 1. The summed E-state index contributed by atoms with van der Waals surface area (Å²) in [6, 6.07) is 17.7. The fourth-order valence-corrected chi connectivity index (χ4v) is 2.66. The lowest BCUT2D eigenvalue weighted by Crippen LogP contribution is -2.15. The van der Waals surface area contributed by atoms with Crippen molar-refractivity contribution in [1.82, 2.24) is 20.2 Å². The number of aromatic nitrogens is 4. The number of hydrogen-bond acceptors (Lipinski definition) is 4. The minimum absolute atomic E-state index is 0.146. The van der Waals surface area contributed by atoms with Crippen LogP contribution in [0.3, 0.4) is 0 Å². The van der Waals surface area contributed by atoms with Crippen LogP contribution in [0.2, 0.25) is 0 Å². The van der Waals surface area contributed by atoms with Gasteiger partial charge in [-0.1, -0.05) is 42.5 Å². The standard InChI is InChI=1S/C19H15N5O/c25-17(12-13-5-6-14-3-1-2-4-16(14)11-13)21-19-22-18(23-24-19)15-7-9-20-10-8-15/h1-11H,12H2,(H2,21,22,23,24,25). The maximum absolute atomic E-state index is 12.3. The van der Waals surface area contributed by atoms with Crippen LogP contribution < -0.4 is 5.32 Å². The lowest BCUT2D eigenvalue weighted by molar-refractivity contribution is -0.115. The molecule has 0 bridgehead atoms. The van der Waals surface area contributed by atoms with E-state index in [-0.39, 0.29) is 12.3 Å². The molecule has 0 aliphatic rings. The summed E-state index contributed by atoms with van der Waals surface area (Å²) < 4.78 is 0. The van der Waals surface area contributed by atoms with E-state index in [0.29, 0.717) is 11.8 Å². The van der Waals surface area contributed by atoms with Gasteiger partial charge in [-0.05, 0) is 28.5 Å². The summed E-state index contributed by atoms with van der Waals surface area (Å²) in [7, 11) is 0. The average molecular weight is 329 g/mol. The fraction of sp³-hybridized carbons (Fsp3) is 0.0526. The van der Waals surface area contributed by atoms with Crippen LogP contribution in [0.1, 0.15) is 5.56 Å². The highest BCUT2D eigenvalue weighted by Gasteiger charge is 2.09. The summed E-state index contributed by atoms with van der Waals surface area (Å²) >= 11 is 0. The first-order valence-corrected chi connectivity index (χ1v) is 7.88. The number of nitrogens with zero attached hydrogens (tertiary/aromatic N) is 3. The van der Waals surface area contributed by atoms with Crippen molar-refractivity contribution < 1.29 is 4.79 Å². The number of carbonyl (C=O) groups excluding carboxylic acids is 1. The molecule has 4 rings (SSSR count). The van der Waals surface area contributed by atoms with Gasteiger partial charge in [-0.2, -0.15) is 10.1 Å². The molecule has 0 saturated carbocycles. The van der Waals surface area contributed by atoms with Gasteiger partial charge in [0.05, 0.1) is 6.42 Å². The quantitative estimate of drug-likeness (QED) is 0.602. The van der Waals surface area contributed by atoms with Gasteiger partial charge in [-0.25, -0.2) is 5.10 Å². The van der Waals surface area contributed by atoms with Crippen LogP contribution in [-0.4, -0.2) is 26.1 Å². The van der Waals surface area contributed by atoms with Crippen molar-refractivity contribution in [1.29, 1.82) is 0 Å². The van der Waals surface area contributed by atoms with Crippen molar-refractivity contribution in [2.75, 3.05) is 5.32 Å². The zero-order valence-corrected chi connectivity index (χ0v) is 13.3. The molecule has 122 valence electrons. The van der Waals surface area contributed by atoms with E-state index < -0.39 is 0 Å². The normalized spacial score (nSPS) is 10.7. The van der Waals surface area contributed by atoms with Gasteiger partial charge in [0.2, 0.25) is 11.9 Å². The van der Waals surface area contributed by atoms with Gasteiger partial charge in [0, 0.05) is 18.0 Å². The predicted molar refractivity (Wildman–Crippen MR) is 95.9 cm³/mol. The van der Waals surface area contributed by atoms with E-state index in [0.717, 1.165) is 21.9 Å². The summed E-state index contributed by atoms with van der Waals surface area (Å²) in [6.07, 6.45) is 3.61. The van der Waals surface area contributed by atoms with Gasteiger partial charge < -0.3 is 0 Å². The van der Waals surface area contributed by atoms with Gasteiger partial charge in [0.25, 0.3) is 0 Å². The first-order valence-electron chi connectivity index (χ1n) is 7.88. The fourth-order valence-electron chi connectivity index (χ4n) is 2.66. The molecular weight excluding hydrogens is 314 g/mol. The molecule has 0 aliphatic heterocycles. The molecule has 0 spiro atoms. The molecule has 0 aliphatic carbocycles. The first kappa shape index (κ1) is 15.0. The van der Waals surface area contributed by atoms with E-state index in [9.17, 15) is 4.79 Å². The van der Waals surface area contributed by atoms with E-state index in [2.05, 4.69) is 25.5 Å². The number of aromatic amines is 1. The van der Waals surface area contributed by atoms with Crippen molar-refractivity contribution in [3.63, 3.8) is 0 Å². The van der Waals surface area contributed by atoms with Crippen LogP contribution in [0.25, 0.3) is 22.2 Å². The summed E-state index contributed by atoms with van der Waals surface area (Å²) in [5.41, 5.74) is 1.78. The maximum atomic E-state index is 12.3. The minimum Gasteiger partial charge on any atom is -0.295 e. The van der Waals surface area contributed by atoms with Gasteiger partial charge in [0.1, 0.15) is 0 Å². The summed E-state index contributed by atoms with van der Waals surface area (Å²) in [5.74, 6) is 0.703. The number of hydrogen-bond donors (Lipinski definition) is 2. The number of fused-ring (bicyclic) bond motifs is 1. The number of rotatable bonds is 4. The third-order valence-corrected chi connectivity index (χ3v) is 3.86. The number of anilines is 1. The third-order valence-electron chi connectivity index (χ3n) is 3.86. The largest absolute Gasteiger partial charge is 0.295 e. The molecule has 0 unspecified atom stereocenters. The molecule has 1 amide bonds. The number of benzene rings is 2.